The van der Waals surface area contributed by atoms with Gasteiger partial charge in [-0.2, -0.15) is 5.26 Å². The number of aryl methyl sites for hydroxylation is 1. The fraction of sp³-hybridized carbons (Fsp3) is 0.462. The van der Waals surface area contributed by atoms with Gasteiger partial charge >= 0.3 is 0 Å². The third kappa shape index (κ3) is 4.41. The smallest absolute Gasteiger partial charge is 0.126 e. The topological polar surface area (TPSA) is 45.0 Å². The fourth-order valence-corrected chi connectivity index (χ4v) is 1.47. The molecule has 4 heteroatoms. The summed E-state index contributed by atoms with van der Waals surface area (Å²) in [6.07, 6.45) is 0.584. The van der Waals surface area contributed by atoms with Crippen molar-refractivity contribution in [3.05, 3.63) is 29.6 Å². The highest BCUT2D eigenvalue weighted by Gasteiger charge is 2.06. The van der Waals surface area contributed by atoms with Crippen LogP contribution in [0.3, 0.4) is 0 Å². The second kappa shape index (κ2) is 6.87. The van der Waals surface area contributed by atoms with Crippen molar-refractivity contribution in [2.75, 3.05) is 13.2 Å². The molecule has 17 heavy (non-hydrogen) atoms. The van der Waals surface area contributed by atoms with Crippen LogP contribution in [0.15, 0.2) is 18.2 Å². The molecular formula is C13H17FN2O. The molecule has 1 aromatic carbocycles. The molecule has 92 valence electrons. The molecule has 1 aromatic rings. The summed E-state index contributed by atoms with van der Waals surface area (Å²) in [5.41, 5.74) is 0.892. The number of benzene rings is 1. The number of nitrogens with zero attached hydrogens (tertiary/aromatic N) is 1. The van der Waals surface area contributed by atoms with Crippen LogP contribution in [0.2, 0.25) is 0 Å². The van der Waals surface area contributed by atoms with E-state index in [1.165, 1.54) is 12.1 Å². The van der Waals surface area contributed by atoms with E-state index in [0.29, 0.717) is 18.8 Å². The predicted molar refractivity (Wildman–Crippen MR) is 64.3 cm³/mol. The lowest BCUT2D eigenvalue weighted by Gasteiger charge is -2.12. The summed E-state index contributed by atoms with van der Waals surface area (Å²) >= 11 is 0. The molecular weight excluding hydrogens is 219 g/mol. The first-order valence-electron chi connectivity index (χ1n) is 5.69. The number of rotatable bonds is 6. The van der Waals surface area contributed by atoms with E-state index in [1.807, 2.05) is 13.8 Å². The molecule has 0 aliphatic carbocycles. The maximum atomic E-state index is 13.0. The van der Waals surface area contributed by atoms with E-state index in [-0.39, 0.29) is 11.9 Å². The van der Waals surface area contributed by atoms with Crippen molar-refractivity contribution in [2.24, 2.45) is 0 Å². The van der Waals surface area contributed by atoms with Crippen LogP contribution in [0.5, 0.6) is 5.75 Å². The molecule has 0 bridgehead atoms. The highest BCUT2D eigenvalue weighted by atomic mass is 19.1. The van der Waals surface area contributed by atoms with Crippen LogP contribution in [0.25, 0.3) is 0 Å². The summed E-state index contributed by atoms with van der Waals surface area (Å²) < 4.78 is 18.4. The van der Waals surface area contributed by atoms with Crippen molar-refractivity contribution in [1.29, 1.82) is 5.26 Å². The molecule has 1 N–H and O–H groups in total. The first-order chi connectivity index (χ1) is 8.17. The third-order valence-corrected chi connectivity index (χ3v) is 2.42. The molecule has 3 nitrogen and oxygen atoms in total. The van der Waals surface area contributed by atoms with Crippen molar-refractivity contribution in [2.45, 2.75) is 26.3 Å². The number of ether oxygens (including phenoxy) is 1. The molecule has 0 spiro atoms. The molecule has 0 amide bonds. The summed E-state index contributed by atoms with van der Waals surface area (Å²) in [6.45, 7) is 4.95. The molecule has 0 heterocycles. The molecule has 0 saturated carbocycles. The van der Waals surface area contributed by atoms with Crippen molar-refractivity contribution in [3.8, 4) is 11.8 Å². The Labute approximate surface area is 101 Å². The van der Waals surface area contributed by atoms with Gasteiger partial charge in [0, 0.05) is 12.5 Å². The normalized spacial score (nSPS) is 11.9. The maximum absolute atomic E-state index is 13.0. The zero-order valence-electron chi connectivity index (χ0n) is 10.2. The molecule has 0 aliphatic heterocycles. The molecule has 1 atom stereocenters. The van der Waals surface area contributed by atoms with Gasteiger partial charge in [-0.1, -0.05) is 13.0 Å². The van der Waals surface area contributed by atoms with Crippen LogP contribution in [0.1, 0.15) is 18.9 Å². The number of hydrogen-bond acceptors (Lipinski definition) is 3. The van der Waals surface area contributed by atoms with Gasteiger partial charge in [0.25, 0.3) is 0 Å². The summed E-state index contributed by atoms with van der Waals surface area (Å²) in [4.78, 5) is 0. The largest absolute Gasteiger partial charge is 0.493 e. The average molecular weight is 236 g/mol. The van der Waals surface area contributed by atoms with E-state index in [9.17, 15) is 4.39 Å². The lowest BCUT2D eigenvalue weighted by molar-refractivity contribution is 0.295. The van der Waals surface area contributed by atoms with Gasteiger partial charge in [-0.05, 0) is 25.1 Å². The Morgan fingerprint density at radius 3 is 2.94 bits per heavy atom. The lowest BCUT2D eigenvalue weighted by atomic mass is 10.2. The van der Waals surface area contributed by atoms with Gasteiger partial charge in [0.2, 0.25) is 0 Å². The average Bonchev–Trinajstić information content (AvgIpc) is 2.32. The van der Waals surface area contributed by atoms with E-state index in [4.69, 9.17) is 10.00 Å². The quantitative estimate of drug-likeness (QED) is 0.825. The molecule has 0 aromatic heterocycles. The van der Waals surface area contributed by atoms with E-state index < -0.39 is 0 Å². The molecule has 0 radical (unpaired) electrons. The van der Waals surface area contributed by atoms with Crippen LogP contribution >= 0.6 is 0 Å². The number of nitrogens with one attached hydrogen (secondary N) is 1. The monoisotopic (exact) mass is 236 g/mol. The minimum absolute atomic E-state index is 0.214. The SMILES string of the molecule is CCNC(C#N)CCOc1cc(F)ccc1C. The first-order valence-corrected chi connectivity index (χ1v) is 5.69. The number of halogens is 1. The Morgan fingerprint density at radius 2 is 2.29 bits per heavy atom. The van der Waals surface area contributed by atoms with E-state index in [1.54, 1.807) is 6.07 Å². The van der Waals surface area contributed by atoms with E-state index in [2.05, 4.69) is 11.4 Å². The van der Waals surface area contributed by atoms with Gasteiger partial charge in [0.15, 0.2) is 0 Å². The molecule has 1 rings (SSSR count). The summed E-state index contributed by atoms with van der Waals surface area (Å²) in [7, 11) is 0. The zero-order valence-corrected chi connectivity index (χ0v) is 10.2. The predicted octanol–water partition coefficient (Wildman–Crippen LogP) is 2.40. The molecule has 0 saturated heterocycles. The van der Waals surface area contributed by atoms with Gasteiger partial charge in [0.05, 0.1) is 18.7 Å². The van der Waals surface area contributed by atoms with Crippen LogP contribution in [0, 0.1) is 24.1 Å². The summed E-state index contributed by atoms with van der Waals surface area (Å²) in [5, 5.41) is 11.9. The zero-order chi connectivity index (χ0) is 12.7. The van der Waals surface area contributed by atoms with Crippen LogP contribution < -0.4 is 10.1 Å². The second-order valence-electron chi connectivity index (χ2n) is 3.79. The van der Waals surface area contributed by atoms with Crippen molar-refractivity contribution >= 4 is 0 Å². The van der Waals surface area contributed by atoms with E-state index in [0.717, 1.165) is 12.1 Å². The van der Waals surface area contributed by atoms with Crippen LogP contribution in [-0.2, 0) is 0 Å². The highest BCUT2D eigenvalue weighted by molar-refractivity contribution is 5.32. The van der Waals surface area contributed by atoms with Gasteiger partial charge < -0.3 is 10.1 Å². The number of hydrogen-bond donors (Lipinski definition) is 1. The molecule has 0 aliphatic rings. The Balaban J connectivity index is 2.45. The number of nitriles is 1. The Hall–Kier alpha value is -1.60. The Kier molecular flexibility index (Phi) is 5.44. The van der Waals surface area contributed by atoms with Crippen molar-refractivity contribution in [3.63, 3.8) is 0 Å². The van der Waals surface area contributed by atoms with Gasteiger partial charge in [-0.15, -0.1) is 0 Å². The van der Waals surface area contributed by atoms with Gasteiger partial charge in [0.1, 0.15) is 11.6 Å². The summed E-state index contributed by atoms with van der Waals surface area (Å²) in [5.74, 6) is 0.229. The standard InChI is InChI=1S/C13H17FN2O/c1-3-16-12(9-15)6-7-17-13-8-11(14)5-4-10(13)2/h4-5,8,12,16H,3,6-7H2,1-2H3. The van der Waals surface area contributed by atoms with Crippen LogP contribution in [-0.4, -0.2) is 19.2 Å². The molecule has 0 fully saturated rings. The Morgan fingerprint density at radius 1 is 1.53 bits per heavy atom. The second-order valence-corrected chi connectivity index (χ2v) is 3.79. The van der Waals surface area contributed by atoms with E-state index >= 15 is 0 Å². The minimum atomic E-state index is -0.311. The van der Waals surface area contributed by atoms with Crippen molar-refractivity contribution in [1.82, 2.24) is 5.32 Å². The lowest BCUT2D eigenvalue weighted by Crippen LogP contribution is -2.28. The van der Waals surface area contributed by atoms with Gasteiger partial charge in [-0.25, -0.2) is 4.39 Å². The highest BCUT2D eigenvalue weighted by Crippen LogP contribution is 2.18. The first kappa shape index (κ1) is 13.5. The summed E-state index contributed by atoms with van der Waals surface area (Å²) in [6, 6.07) is 6.38. The minimum Gasteiger partial charge on any atom is -0.493 e. The molecule has 1 unspecified atom stereocenters. The third-order valence-electron chi connectivity index (χ3n) is 2.42. The maximum Gasteiger partial charge on any atom is 0.126 e. The van der Waals surface area contributed by atoms with Crippen molar-refractivity contribution < 1.29 is 9.13 Å². The van der Waals surface area contributed by atoms with Gasteiger partial charge in [-0.3, -0.25) is 0 Å². The fourth-order valence-electron chi connectivity index (χ4n) is 1.47. The van der Waals surface area contributed by atoms with Crippen LogP contribution in [0.4, 0.5) is 4.39 Å². The Bertz CT molecular complexity index is 401.